The first-order chi connectivity index (χ1) is 15.5. The van der Waals surface area contributed by atoms with E-state index >= 15 is 0 Å². The predicted molar refractivity (Wildman–Crippen MR) is 117 cm³/mol. The van der Waals surface area contributed by atoms with Crippen LogP contribution in [-0.2, 0) is 16.1 Å². The van der Waals surface area contributed by atoms with Crippen LogP contribution in [0.5, 0.6) is 11.5 Å². The van der Waals surface area contributed by atoms with Crippen LogP contribution in [0.2, 0.25) is 0 Å². The van der Waals surface area contributed by atoms with E-state index in [4.69, 9.17) is 9.47 Å². The van der Waals surface area contributed by atoms with Gasteiger partial charge in [-0.25, -0.2) is 4.39 Å². The van der Waals surface area contributed by atoms with Crippen molar-refractivity contribution in [3.05, 3.63) is 72.8 Å². The molecule has 0 saturated carbocycles. The molecule has 0 aliphatic rings. The average molecular weight is 440 g/mol. The number of nitrogens with zero attached hydrogens (tertiary/aromatic N) is 3. The van der Waals surface area contributed by atoms with Gasteiger partial charge in [0.25, 0.3) is 0 Å². The van der Waals surface area contributed by atoms with Crippen LogP contribution in [0.1, 0.15) is 6.42 Å². The van der Waals surface area contributed by atoms with Crippen molar-refractivity contribution in [1.82, 2.24) is 14.7 Å². The fraction of sp³-hybridized carbons (Fsp3) is 0.261. The molecule has 3 rings (SSSR count). The van der Waals surface area contributed by atoms with Crippen molar-refractivity contribution >= 4 is 17.5 Å². The molecule has 2 amide bonds. The summed E-state index contributed by atoms with van der Waals surface area (Å²) < 4.78 is 25.4. The van der Waals surface area contributed by atoms with Crippen molar-refractivity contribution < 1.29 is 23.5 Å². The van der Waals surface area contributed by atoms with E-state index in [1.165, 1.54) is 40.0 Å². The third-order valence-corrected chi connectivity index (χ3v) is 4.49. The van der Waals surface area contributed by atoms with Gasteiger partial charge in [-0.15, -0.1) is 0 Å². The first kappa shape index (κ1) is 22.8. The number of ether oxygens (including phenoxy) is 2. The highest BCUT2D eigenvalue weighted by molar-refractivity contribution is 5.90. The van der Waals surface area contributed by atoms with Gasteiger partial charge in [-0.05, 0) is 36.4 Å². The number of rotatable bonds is 11. The first-order valence-electron chi connectivity index (χ1n) is 10.1. The molecule has 2 aromatic carbocycles. The topological polar surface area (TPSA) is 85.7 Å². The van der Waals surface area contributed by atoms with Gasteiger partial charge in [0.1, 0.15) is 30.5 Å². The second-order valence-corrected chi connectivity index (χ2v) is 7.00. The minimum atomic E-state index is -0.333. The Hall–Kier alpha value is -3.88. The molecular weight excluding hydrogens is 415 g/mol. The minimum Gasteiger partial charge on any atom is -0.493 e. The average Bonchev–Trinajstić information content (AvgIpc) is 3.22. The summed E-state index contributed by atoms with van der Waals surface area (Å²) in [4.78, 5) is 25.9. The molecular formula is C23H25FN4O4. The van der Waals surface area contributed by atoms with Crippen molar-refractivity contribution in [2.75, 3.05) is 32.1 Å². The summed E-state index contributed by atoms with van der Waals surface area (Å²) in [6, 6.07) is 15.0. The number of carbonyl (C=O) groups is 2. The molecule has 0 fully saturated rings. The molecule has 1 aromatic heterocycles. The van der Waals surface area contributed by atoms with Crippen LogP contribution in [0.25, 0.3) is 0 Å². The minimum absolute atomic E-state index is 0.0278. The number of benzene rings is 2. The van der Waals surface area contributed by atoms with Gasteiger partial charge in [0.2, 0.25) is 11.8 Å². The second kappa shape index (κ2) is 11.5. The van der Waals surface area contributed by atoms with E-state index in [0.29, 0.717) is 23.7 Å². The van der Waals surface area contributed by atoms with Gasteiger partial charge in [-0.1, -0.05) is 18.2 Å². The standard InChI is InChI=1S/C23H25FN4O4/c1-27(12-14-32-21-9-7-18(24)8-10-21)23(30)17-28-16-19(15-25-28)26-22(29)11-13-31-20-5-3-2-4-6-20/h2-10,15-16H,11-14,17H2,1H3,(H,26,29). The molecule has 168 valence electrons. The smallest absolute Gasteiger partial charge is 0.244 e. The summed E-state index contributed by atoms with van der Waals surface area (Å²) in [6.45, 7) is 0.926. The zero-order valence-corrected chi connectivity index (χ0v) is 17.7. The Morgan fingerprint density at radius 2 is 1.72 bits per heavy atom. The van der Waals surface area contributed by atoms with E-state index in [9.17, 15) is 14.0 Å². The molecule has 1 heterocycles. The third-order valence-electron chi connectivity index (χ3n) is 4.49. The Bertz CT molecular complexity index is 1010. The summed E-state index contributed by atoms with van der Waals surface area (Å²) in [5.41, 5.74) is 0.504. The Morgan fingerprint density at radius 3 is 2.47 bits per heavy atom. The number of para-hydroxylation sites is 1. The van der Waals surface area contributed by atoms with Crippen molar-refractivity contribution in [3.8, 4) is 11.5 Å². The maximum absolute atomic E-state index is 12.9. The Kier molecular flexibility index (Phi) is 8.19. The van der Waals surface area contributed by atoms with Crippen molar-refractivity contribution in [3.63, 3.8) is 0 Å². The molecule has 0 spiro atoms. The van der Waals surface area contributed by atoms with E-state index in [2.05, 4.69) is 10.4 Å². The fourth-order valence-electron chi connectivity index (χ4n) is 2.73. The third kappa shape index (κ3) is 7.42. The summed E-state index contributed by atoms with van der Waals surface area (Å²) in [7, 11) is 1.66. The van der Waals surface area contributed by atoms with Crippen molar-refractivity contribution in [2.45, 2.75) is 13.0 Å². The monoisotopic (exact) mass is 440 g/mol. The van der Waals surface area contributed by atoms with Gasteiger partial charge in [-0.2, -0.15) is 5.10 Å². The molecule has 0 atom stereocenters. The van der Waals surface area contributed by atoms with Crippen LogP contribution in [0.4, 0.5) is 10.1 Å². The van der Waals surface area contributed by atoms with Crippen LogP contribution < -0.4 is 14.8 Å². The van der Waals surface area contributed by atoms with Crippen LogP contribution in [0, 0.1) is 5.82 Å². The quantitative estimate of drug-likeness (QED) is 0.496. The molecule has 0 unspecified atom stereocenters. The van der Waals surface area contributed by atoms with Gasteiger partial charge in [-0.3, -0.25) is 14.3 Å². The number of hydrogen-bond donors (Lipinski definition) is 1. The SMILES string of the molecule is CN(CCOc1ccc(F)cc1)C(=O)Cn1cc(NC(=O)CCOc2ccccc2)cn1. The highest BCUT2D eigenvalue weighted by Crippen LogP contribution is 2.11. The van der Waals surface area contributed by atoms with Gasteiger partial charge < -0.3 is 19.7 Å². The number of halogens is 1. The number of nitrogens with one attached hydrogen (secondary N) is 1. The van der Waals surface area contributed by atoms with E-state index in [1.807, 2.05) is 30.3 Å². The number of carbonyl (C=O) groups excluding carboxylic acids is 2. The van der Waals surface area contributed by atoms with Crippen LogP contribution >= 0.6 is 0 Å². The maximum atomic E-state index is 12.9. The van der Waals surface area contributed by atoms with Crippen molar-refractivity contribution in [2.24, 2.45) is 0 Å². The molecule has 9 heteroatoms. The zero-order valence-electron chi connectivity index (χ0n) is 17.7. The van der Waals surface area contributed by atoms with E-state index in [0.717, 1.165) is 0 Å². The fourth-order valence-corrected chi connectivity index (χ4v) is 2.73. The molecule has 0 aliphatic carbocycles. The molecule has 3 aromatic rings. The Labute approximate surface area is 185 Å². The maximum Gasteiger partial charge on any atom is 0.244 e. The molecule has 0 radical (unpaired) electrons. The van der Waals surface area contributed by atoms with Gasteiger partial charge in [0, 0.05) is 13.2 Å². The highest BCUT2D eigenvalue weighted by Gasteiger charge is 2.12. The van der Waals surface area contributed by atoms with Gasteiger partial charge in [0.15, 0.2) is 0 Å². The molecule has 32 heavy (non-hydrogen) atoms. The number of amides is 2. The largest absolute Gasteiger partial charge is 0.493 e. The van der Waals surface area contributed by atoms with E-state index in [1.54, 1.807) is 13.2 Å². The number of aromatic nitrogens is 2. The molecule has 0 saturated heterocycles. The molecule has 1 N–H and O–H groups in total. The molecule has 8 nitrogen and oxygen atoms in total. The highest BCUT2D eigenvalue weighted by atomic mass is 19.1. The number of likely N-dealkylation sites (N-methyl/N-ethyl adjacent to an activating group) is 1. The lowest BCUT2D eigenvalue weighted by molar-refractivity contribution is -0.131. The first-order valence-corrected chi connectivity index (χ1v) is 10.1. The summed E-state index contributed by atoms with van der Waals surface area (Å²) in [6.07, 6.45) is 3.27. The lowest BCUT2D eigenvalue weighted by Gasteiger charge is -2.17. The van der Waals surface area contributed by atoms with E-state index in [-0.39, 0.29) is 43.8 Å². The lowest BCUT2D eigenvalue weighted by atomic mass is 10.3. The summed E-state index contributed by atoms with van der Waals surface area (Å²) >= 11 is 0. The van der Waals surface area contributed by atoms with Gasteiger partial charge >= 0.3 is 0 Å². The molecule has 0 aliphatic heterocycles. The zero-order chi connectivity index (χ0) is 22.8. The van der Waals surface area contributed by atoms with Crippen LogP contribution in [0.15, 0.2) is 67.0 Å². The summed E-state index contributed by atoms with van der Waals surface area (Å²) in [5, 5.41) is 6.85. The van der Waals surface area contributed by atoms with Crippen molar-refractivity contribution in [1.29, 1.82) is 0 Å². The Balaban J connectivity index is 1.36. The molecule has 0 bridgehead atoms. The predicted octanol–water partition coefficient (Wildman–Crippen LogP) is 2.97. The van der Waals surface area contributed by atoms with Crippen LogP contribution in [-0.4, -0.2) is 53.3 Å². The summed E-state index contributed by atoms with van der Waals surface area (Å²) in [5.74, 6) is 0.541. The van der Waals surface area contributed by atoms with E-state index < -0.39 is 0 Å². The number of anilines is 1. The Morgan fingerprint density at radius 1 is 1.03 bits per heavy atom. The second-order valence-electron chi connectivity index (χ2n) is 7.00. The normalized spacial score (nSPS) is 10.4. The lowest BCUT2D eigenvalue weighted by Crippen LogP contribution is -2.33. The van der Waals surface area contributed by atoms with Crippen LogP contribution in [0.3, 0.4) is 0 Å². The number of hydrogen-bond acceptors (Lipinski definition) is 5. The van der Waals surface area contributed by atoms with Gasteiger partial charge in [0.05, 0.1) is 31.5 Å².